The van der Waals surface area contributed by atoms with Crippen LogP contribution in [0.4, 0.5) is 0 Å². The molecule has 1 aliphatic rings. The van der Waals surface area contributed by atoms with Crippen molar-refractivity contribution in [2.45, 2.75) is 38.5 Å². The van der Waals surface area contributed by atoms with Gasteiger partial charge in [0, 0.05) is 26.1 Å². The average Bonchev–Trinajstić information content (AvgIpc) is 2.72. The summed E-state index contributed by atoms with van der Waals surface area (Å²) in [4.78, 5) is 14.5. The summed E-state index contributed by atoms with van der Waals surface area (Å²) in [5, 5.41) is 3.42. The molecule has 1 amide bonds. The number of carbonyl (C=O) groups is 1. The molecule has 1 saturated heterocycles. The number of hydrogen-bond acceptors (Lipinski definition) is 2. The van der Waals surface area contributed by atoms with Crippen LogP contribution in [0.5, 0.6) is 0 Å². The molecule has 2 aromatic carbocycles. The largest absolute Gasteiger partial charge is 0.343 e. The molecule has 3 heteroatoms. The van der Waals surface area contributed by atoms with Crippen LogP contribution >= 0.6 is 0 Å². The Labute approximate surface area is 163 Å². The monoisotopic (exact) mass is 364 g/mol. The molecule has 2 aromatic rings. The number of benzene rings is 2. The summed E-state index contributed by atoms with van der Waals surface area (Å²) in [7, 11) is 0. The van der Waals surface area contributed by atoms with Crippen LogP contribution in [0.1, 0.15) is 36.8 Å². The molecule has 0 spiro atoms. The zero-order valence-electron chi connectivity index (χ0n) is 16.3. The van der Waals surface area contributed by atoms with E-state index in [1.54, 1.807) is 0 Å². The Morgan fingerprint density at radius 1 is 0.889 bits per heavy atom. The van der Waals surface area contributed by atoms with Crippen molar-refractivity contribution in [3.05, 3.63) is 71.8 Å². The normalized spacial score (nSPS) is 15.0. The highest BCUT2D eigenvalue weighted by Gasteiger charge is 2.22. The van der Waals surface area contributed by atoms with Gasteiger partial charge in [0.15, 0.2) is 0 Å². The van der Waals surface area contributed by atoms with Crippen LogP contribution in [0.3, 0.4) is 0 Å². The van der Waals surface area contributed by atoms with Gasteiger partial charge in [-0.05, 0) is 55.7 Å². The lowest BCUT2D eigenvalue weighted by molar-refractivity contribution is -0.132. The summed E-state index contributed by atoms with van der Waals surface area (Å²) in [5.41, 5.74) is 2.80. The second kappa shape index (κ2) is 10.9. The number of carbonyl (C=O) groups excluding carboxylic acids is 1. The highest BCUT2D eigenvalue weighted by molar-refractivity contribution is 5.76. The highest BCUT2D eigenvalue weighted by Crippen LogP contribution is 2.22. The first kappa shape index (κ1) is 19.6. The Balaban J connectivity index is 1.25. The van der Waals surface area contributed by atoms with Gasteiger partial charge in [-0.1, -0.05) is 60.7 Å². The van der Waals surface area contributed by atoms with Gasteiger partial charge in [-0.15, -0.1) is 0 Å². The van der Waals surface area contributed by atoms with E-state index in [2.05, 4.69) is 70.9 Å². The summed E-state index contributed by atoms with van der Waals surface area (Å²) in [6.45, 7) is 3.60. The minimum Gasteiger partial charge on any atom is -0.343 e. The zero-order chi connectivity index (χ0) is 18.7. The van der Waals surface area contributed by atoms with E-state index in [4.69, 9.17) is 0 Å². The molecule has 3 nitrogen and oxygen atoms in total. The van der Waals surface area contributed by atoms with E-state index in [1.165, 1.54) is 11.1 Å². The van der Waals surface area contributed by atoms with E-state index in [0.717, 1.165) is 58.3 Å². The number of amides is 1. The van der Waals surface area contributed by atoms with Crippen LogP contribution in [0.25, 0.3) is 0 Å². The molecule has 0 radical (unpaired) electrons. The quantitative estimate of drug-likeness (QED) is 0.680. The fraction of sp³-hybridized carbons (Fsp3) is 0.458. The Morgan fingerprint density at radius 2 is 1.52 bits per heavy atom. The molecule has 1 heterocycles. The van der Waals surface area contributed by atoms with Crippen LogP contribution < -0.4 is 5.32 Å². The second-order valence-corrected chi connectivity index (χ2v) is 7.60. The molecule has 1 N–H and O–H groups in total. The van der Waals surface area contributed by atoms with Gasteiger partial charge < -0.3 is 10.2 Å². The second-order valence-electron chi connectivity index (χ2n) is 7.60. The molecular formula is C24H32N2O. The van der Waals surface area contributed by atoms with Gasteiger partial charge in [0.25, 0.3) is 0 Å². The van der Waals surface area contributed by atoms with Crippen molar-refractivity contribution in [2.75, 3.05) is 26.2 Å². The van der Waals surface area contributed by atoms with Gasteiger partial charge in [-0.2, -0.15) is 0 Å². The Bertz CT molecular complexity index is 663. The van der Waals surface area contributed by atoms with Crippen LogP contribution in [-0.4, -0.2) is 37.0 Å². The van der Waals surface area contributed by atoms with Crippen LogP contribution in [0.2, 0.25) is 0 Å². The molecule has 0 aromatic heterocycles. The molecule has 0 atom stereocenters. The zero-order valence-corrected chi connectivity index (χ0v) is 16.3. The lowest BCUT2D eigenvalue weighted by Crippen LogP contribution is -2.40. The molecule has 0 aliphatic carbocycles. The van der Waals surface area contributed by atoms with Crippen LogP contribution in [0.15, 0.2) is 60.7 Å². The van der Waals surface area contributed by atoms with Crippen molar-refractivity contribution >= 4 is 5.91 Å². The summed E-state index contributed by atoms with van der Waals surface area (Å²) < 4.78 is 0. The van der Waals surface area contributed by atoms with Crippen molar-refractivity contribution in [1.29, 1.82) is 0 Å². The third-order valence-corrected chi connectivity index (χ3v) is 5.51. The van der Waals surface area contributed by atoms with E-state index in [-0.39, 0.29) is 0 Å². The fourth-order valence-electron chi connectivity index (χ4n) is 3.87. The number of rotatable bonds is 9. The molecule has 3 rings (SSSR count). The molecular weight excluding hydrogens is 332 g/mol. The van der Waals surface area contributed by atoms with E-state index in [9.17, 15) is 4.79 Å². The molecule has 144 valence electrons. The summed E-state index contributed by atoms with van der Waals surface area (Å²) in [6, 6.07) is 21.3. The van der Waals surface area contributed by atoms with Gasteiger partial charge in [0.05, 0.1) is 0 Å². The van der Waals surface area contributed by atoms with Gasteiger partial charge in [-0.3, -0.25) is 4.79 Å². The molecule has 0 saturated carbocycles. The standard InChI is InChI=1S/C24H32N2O/c27-24(13-17-25-16-7-12-21-8-3-1-4-9-21)26-18-14-23(15-19-26)20-22-10-5-2-6-11-22/h1-6,8-11,23,25H,7,12-20H2. The van der Waals surface area contributed by atoms with Crippen molar-refractivity contribution < 1.29 is 4.79 Å². The van der Waals surface area contributed by atoms with Crippen molar-refractivity contribution in [2.24, 2.45) is 5.92 Å². The maximum Gasteiger partial charge on any atom is 0.223 e. The molecule has 27 heavy (non-hydrogen) atoms. The van der Waals surface area contributed by atoms with Crippen molar-refractivity contribution in [3.8, 4) is 0 Å². The van der Waals surface area contributed by atoms with E-state index in [0.29, 0.717) is 18.2 Å². The number of nitrogens with one attached hydrogen (secondary N) is 1. The fourth-order valence-corrected chi connectivity index (χ4v) is 3.87. The Hall–Kier alpha value is -2.13. The highest BCUT2D eigenvalue weighted by atomic mass is 16.2. The number of likely N-dealkylation sites (tertiary alicyclic amines) is 1. The molecule has 1 aliphatic heterocycles. The summed E-state index contributed by atoms with van der Waals surface area (Å²) in [6.07, 6.45) is 6.23. The maximum absolute atomic E-state index is 12.4. The van der Waals surface area contributed by atoms with Gasteiger partial charge in [-0.25, -0.2) is 0 Å². The first-order chi connectivity index (χ1) is 13.3. The lowest BCUT2D eigenvalue weighted by atomic mass is 9.90. The van der Waals surface area contributed by atoms with Gasteiger partial charge in [0.2, 0.25) is 5.91 Å². The van der Waals surface area contributed by atoms with E-state index >= 15 is 0 Å². The predicted molar refractivity (Wildman–Crippen MR) is 112 cm³/mol. The number of nitrogens with zero attached hydrogens (tertiary/aromatic N) is 1. The minimum absolute atomic E-state index is 0.309. The molecule has 0 unspecified atom stereocenters. The number of hydrogen-bond donors (Lipinski definition) is 1. The van der Waals surface area contributed by atoms with E-state index < -0.39 is 0 Å². The van der Waals surface area contributed by atoms with Crippen molar-refractivity contribution in [3.63, 3.8) is 0 Å². The first-order valence-corrected chi connectivity index (χ1v) is 10.4. The number of piperidine rings is 1. The van der Waals surface area contributed by atoms with Gasteiger partial charge in [0.1, 0.15) is 0 Å². The lowest BCUT2D eigenvalue weighted by Gasteiger charge is -2.32. The van der Waals surface area contributed by atoms with Crippen LogP contribution in [-0.2, 0) is 17.6 Å². The average molecular weight is 365 g/mol. The van der Waals surface area contributed by atoms with Crippen molar-refractivity contribution in [1.82, 2.24) is 10.2 Å². The van der Waals surface area contributed by atoms with Gasteiger partial charge >= 0.3 is 0 Å². The molecule has 0 bridgehead atoms. The number of aryl methyl sites for hydroxylation is 1. The van der Waals surface area contributed by atoms with E-state index in [1.807, 2.05) is 0 Å². The third-order valence-electron chi connectivity index (χ3n) is 5.51. The molecule has 1 fully saturated rings. The smallest absolute Gasteiger partial charge is 0.223 e. The van der Waals surface area contributed by atoms with Crippen LogP contribution in [0, 0.1) is 5.92 Å². The Kier molecular flexibility index (Phi) is 7.91. The SMILES string of the molecule is O=C(CCNCCCc1ccccc1)N1CCC(Cc2ccccc2)CC1. The topological polar surface area (TPSA) is 32.3 Å². The Morgan fingerprint density at radius 3 is 2.19 bits per heavy atom. The minimum atomic E-state index is 0.309. The summed E-state index contributed by atoms with van der Waals surface area (Å²) >= 11 is 0. The summed E-state index contributed by atoms with van der Waals surface area (Å²) in [5.74, 6) is 1.02. The maximum atomic E-state index is 12.4. The first-order valence-electron chi connectivity index (χ1n) is 10.4. The predicted octanol–water partition coefficient (Wildman–Crippen LogP) is 4.08. The third kappa shape index (κ3) is 6.84.